The maximum absolute atomic E-state index is 12.1. The van der Waals surface area contributed by atoms with Gasteiger partial charge in [0.1, 0.15) is 11.8 Å². The summed E-state index contributed by atoms with van der Waals surface area (Å²) in [7, 11) is 0. The van der Waals surface area contributed by atoms with E-state index in [2.05, 4.69) is 20.7 Å². The van der Waals surface area contributed by atoms with Crippen LogP contribution < -0.4 is 20.7 Å². The van der Waals surface area contributed by atoms with Gasteiger partial charge >= 0.3 is 12.2 Å². The van der Waals surface area contributed by atoms with E-state index in [4.69, 9.17) is 0 Å². The predicted octanol–water partition coefficient (Wildman–Crippen LogP) is 1.49. The maximum atomic E-state index is 12.1. The van der Waals surface area contributed by atoms with Crippen LogP contribution in [0.3, 0.4) is 0 Å². The first-order chi connectivity index (χ1) is 10.7. The maximum Gasteiger partial charge on any atom is 0.422 e. The first kappa shape index (κ1) is 16.9. The summed E-state index contributed by atoms with van der Waals surface area (Å²) in [6, 6.07) is 4.55. The normalized spacial score (nSPS) is 18.8. The molecule has 3 amide bonds. The van der Waals surface area contributed by atoms with Crippen LogP contribution in [0, 0.1) is 0 Å². The molecule has 9 heteroatoms. The molecule has 0 aliphatic carbocycles. The van der Waals surface area contributed by atoms with E-state index in [9.17, 15) is 22.8 Å². The molecule has 2 atom stereocenters. The molecule has 0 unspecified atom stereocenters. The number of amides is 3. The Morgan fingerprint density at radius 2 is 2.04 bits per heavy atom. The fourth-order valence-electron chi connectivity index (χ4n) is 2.03. The van der Waals surface area contributed by atoms with Gasteiger partial charge in [-0.25, -0.2) is 4.79 Å². The van der Waals surface area contributed by atoms with Crippen LogP contribution in [-0.4, -0.2) is 37.3 Å². The molecule has 1 fully saturated rings. The van der Waals surface area contributed by atoms with Gasteiger partial charge in [0.25, 0.3) is 0 Å². The van der Waals surface area contributed by atoms with Crippen molar-refractivity contribution in [1.82, 2.24) is 16.0 Å². The Kier molecular flexibility index (Phi) is 4.97. The lowest BCUT2D eigenvalue weighted by molar-refractivity contribution is -0.153. The van der Waals surface area contributed by atoms with Gasteiger partial charge in [0.05, 0.1) is 6.04 Å². The van der Waals surface area contributed by atoms with E-state index in [1.807, 2.05) is 0 Å². The van der Waals surface area contributed by atoms with E-state index < -0.39 is 24.9 Å². The zero-order chi connectivity index (χ0) is 17.0. The third-order valence-corrected chi connectivity index (χ3v) is 3.23. The van der Waals surface area contributed by atoms with Crippen LogP contribution >= 0.6 is 0 Å². The molecule has 2 rings (SSSR count). The summed E-state index contributed by atoms with van der Waals surface area (Å²) < 4.78 is 40.8. The Labute approximate surface area is 130 Å². The number of alkyl halides is 3. The fourth-order valence-corrected chi connectivity index (χ4v) is 2.03. The number of halogens is 3. The zero-order valence-electron chi connectivity index (χ0n) is 12.2. The lowest BCUT2D eigenvalue weighted by Crippen LogP contribution is -2.43. The van der Waals surface area contributed by atoms with Crippen molar-refractivity contribution in [2.45, 2.75) is 25.2 Å². The van der Waals surface area contributed by atoms with Crippen LogP contribution in [0.4, 0.5) is 18.0 Å². The smallest absolute Gasteiger partial charge is 0.422 e. The van der Waals surface area contributed by atoms with E-state index in [0.29, 0.717) is 5.56 Å². The molecule has 6 nitrogen and oxygen atoms in total. The minimum Gasteiger partial charge on any atom is -0.484 e. The van der Waals surface area contributed by atoms with E-state index >= 15 is 0 Å². The van der Waals surface area contributed by atoms with Gasteiger partial charge in [-0.05, 0) is 24.6 Å². The zero-order valence-corrected chi connectivity index (χ0v) is 12.2. The number of carbonyl (C=O) groups is 2. The van der Waals surface area contributed by atoms with Crippen LogP contribution in [0.5, 0.6) is 5.75 Å². The summed E-state index contributed by atoms with van der Waals surface area (Å²) in [6.07, 6.45) is -4.39. The lowest BCUT2D eigenvalue weighted by atomic mass is 10.1. The van der Waals surface area contributed by atoms with Gasteiger partial charge in [-0.3, -0.25) is 4.79 Å². The Morgan fingerprint density at radius 1 is 1.39 bits per heavy atom. The number of rotatable bonds is 5. The van der Waals surface area contributed by atoms with Crippen molar-refractivity contribution in [3.63, 3.8) is 0 Å². The van der Waals surface area contributed by atoms with E-state index in [1.54, 1.807) is 19.1 Å². The molecular weight excluding hydrogens is 315 g/mol. The van der Waals surface area contributed by atoms with Crippen LogP contribution in [0.25, 0.3) is 0 Å². The van der Waals surface area contributed by atoms with Crippen LogP contribution in [0.2, 0.25) is 0 Å². The van der Waals surface area contributed by atoms with Gasteiger partial charge in [-0.2, -0.15) is 13.2 Å². The largest absolute Gasteiger partial charge is 0.484 e. The summed E-state index contributed by atoms with van der Waals surface area (Å²) in [5, 5.41) is 7.66. The Bertz CT molecular complexity index is 575. The molecule has 1 saturated heterocycles. The van der Waals surface area contributed by atoms with Crippen molar-refractivity contribution in [2.75, 3.05) is 13.2 Å². The summed E-state index contributed by atoms with van der Waals surface area (Å²) in [4.78, 5) is 22.9. The molecule has 1 heterocycles. The van der Waals surface area contributed by atoms with Gasteiger partial charge in [0.2, 0.25) is 5.91 Å². The third-order valence-electron chi connectivity index (χ3n) is 3.23. The molecular formula is C14H16F3N3O3. The van der Waals surface area contributed by atoms with Crippen LogP contribution in [0.15, 0.2) is 24.3 Å². The van der Waals surface area contributed by atoms with Crippen molar-refractivity contribution in [2.24, 2.45) is 0 Å². The number of nitrogens with one attached hydrogen (secondary N) is 3. The molecule has 126 valence electrons. The first-order valence-corrected chi connectivity index (χ1v) is 6.89. The number of hydrogen-bond donors (Lipinski definition) is 3. The summed E-state index contributed by atoms with van der Waals surface area (Å²) in [6.45, 7) is 0.586. The van der Waals surface area contributed by atoms with Gasteiger partial charge in [-0.1, -0.05) is 12.1 Å². The molecule has 3 N–H and O–H groups in total. The molecule has 1 aliphatic heterocycles. The molecule has 0 aromatic heterocycles. The highest BCUT2D eigenvalue weighted by Gasteiger charge is 2.29. The molecule has 1 aromatic rings. The SMILES string of the molecule is C[C@H](NC(=O)[C@H]1CNC(=O)N1)c1ccc(OCC(F)(F)F)cc1. The second-order valence-electron chi connectivity index (χ2n) is 5.11. The van der Waals surface area contributed by atoms with Crippen LogP contribution in [0.1, 0.15) is 18.5 Å². The highest BCUT2D eigenvalue weighted by molar-refractivity contribution is 5.90. The fraction of sp³-hybridized carbons (Fsp3) is 0.429. The van der Waals surface area contributed by atoms with Crippen molar-refractivity contribution in [3.05, 3.63) is 29.8 Å². The van der Waals surface area contributed by atoms with E-state index in [-0.39, 0.29) is 24.2 Å². The van der Waals surface area contributed by atoms with Gasteiger partial charge < -0.3 is 20.7 Å². The predicted molar refractivity (Wildman–Crippen MR) is 74.9 cm³/mol. The highest BCUT2D eigenvalue weighted by Crippen LogP contribution is 2.21. The summed E-state index contributed by atoms with van der Waals surface area (Å²) in [5.41, 5.74) is 0.704. The second kappa shape index (κ2) is 6.76. The minimum atomic E-state index is -4.39. The lowest BCUT2D eigenvalue weighted by Gasteiger charge is -2.17. The molecule has 0 spiro atoms. The monoisotopic (exact) mass is 331 g/mol. The van der Waals surface area contributed by atoms with Crippen molar-refractivity contribution in [3.8, 4) is 5.75 Å². The van der Waals surface area contributed by atoms with Crippen molar-refractivity contribution < 1.29 is 27.5 Å². The second-order valence-corrected chi connectivity index (χ2v) is 5.11. The Hall–Kier alpha value is -2.45. The summed E-state index contributed by atoms with van der Waals surface area (Å²) >= 11 is 0. The third kappa shape index (κ3) is 5.04. The summed E-state index contributed by atoms with van der Waals surface area (Å²) in [5.74, 6) is -0.245. The molecule has 0 radical (unpaired) electrons. The molecule has 1 aromatic carbocycles. The Balaban J connectivity index is 1.88. The van der Waals surface area contributed by atoms with Crippen molar-refractivity contribution >= 4 is 11.9 Å². The molecule has 0 saturated carbocycles. The average molecular weight is 331 g/mol. The van der Waals surface area contributed by atoms with Gasteiger partial charge in [0, 0.05) is 6.54 Å². The Morgan fingerprint density at radius 3 is 2.57 bits per heavy atom. The minimum absolute atomic E-state index is 0.0943. The average Bonchev–Trinajstić information content (AvgIpc) is 2.91. The number of carbonyl (C=O) groups excluding carboxylic acids is 2. The quantitative estimate of drug-likeness (QED) is 0.765. The standard InChI is InChI=1S/C14H16F3N3O3/c1-8(19-12(21)11-6-18-13(22)20-11)9-2-4-10(5-3-9)23-7-14(15,16)17/h2-5,8,11H,6-7H2,1H3,(H,19,21)(H2,18,20,22)/t8-,11+/m0/s1. The molecule has 0 bridgehead atoms. The van der Waals surface area contributed by atoms with Crippen LogP contribution in [-0.2, 0) is 4.79 Å². The van der Waals surface area contributed by atoms with Gasteiger partial charge in [0.15, 0.2) is 6.61 Å². The van der Waals surface area contributed by atoms with E-state index in [1.165, 1.54) is 12.1 Å². The number of hydrogen-bond acceptors (Lipinski definition) is 3. The van der Waals surface area contributed by atoms with Crippen molar-refractivity contribution in [1.29, 1.82) is 0 Å². The number of ether oxygens (including phenoxy) is 1. The number of benzene rings is 1. The number of urea groups is 1. The van der Waals surface area contributed by atoms with E-state index in [0.717, 1.165) is 0 Å². The molecule has 1 aliphatic rings. The first-order valence-electron chi connectivity index (χ1n) is 6.89. The van der Waals surface area contributed by atoms with Gasteiger partial charge in [-0.15, -0.1) is 0 Å². The topological polar surface area (TPSA) is 79.5 Å². The molecule has 23 heavy (non-hydrogen) atoms. The highest BCUT2D eigenvalue weighted by atomic mass is 19.4.